The van der Waals surface area contributed by atoms with Gasteiger partial charge in [-0.15, -0.1) is 0 Å². The van der Waals surface area contributed by atoms with Crippen LogP contribution in [-0.4, -0.2) is 36.1 Å². The highest BCUT2D eigenvalue weighted by Gasteiger charge is 2.11. The Kier molecular flexibility index (Phi) is 4.64. The summed E-state index contributed by atoms with van der Waals surface area (Å²) >= 11 is 11.5. The average Bonchev–Trinajstić information content (AvgIpc) is 2.44. The molecule has 0 radical (unpaired) electrons. The normalized spacial score (nSPS) is 10.4. The van der Waals surface area contributed by atoms with Gasteiger partial charge < -0.3 is 15.5 Å². The van der Waals surface area contributed by atoms with Crippen molar-refractivity contribution in [2.45, 2.75) is 0 Å². The van der Waals surface area contributed by atoms with E-state index in [2.05, 4.69) is 25.6 Å². The van der Waals surface area contributed by atoms with Crippen LogP contribution in [0.2, 0.25) is 10.0 Å². The fourth-order valence-electron chi connectivity index (χ4n) is 1.49. The fourth-order valence-corrected chi connectivity index (χ4v) is 1.98. The number of halogens is 3. The summed E-state index contributed by atoms with van der Waals surface area (Å²) in [5, 5.41) is 5.59. The molecule has 0 aliphatic rings. The van der Waals surface area contributed by atoms with Gasteiger partial charge in [0.15, 0.2) is 5.82 Å². The van der Waals surface area contributed by atoms with Crippen LogP contribution in [0, 0.1) is 5.82 Å². The molecule has 2 rings (SSSR count). The molecule has 1 aromatic heterocycles. The molecule has 0 unspecified atom stereocenters. The standard InChI is InChI=1S/C12H13Cl2FN6/c1-16-10-18-11(20-12(19-10)21(2)3)17-6-4-7(13)9(15)8(14)5-6/h4-5H,1-3H3,(H2,16,17,18,19,20). The Morgan fingerprint density at radius 2 is 1.62 bits per heavy atom. The number of nitrogens with one attached hydrogen (secondary N) is 2. The Bertz CT molecular complexity index is 641. The van der Waals surface area contributed by atoms with E-state index in [0.717, 1.165) is 0 Å². The Balaban J connectivity index is 2.37. The van der Waals surface area contributed by atoms with E-state index >= 15 is 0 Å². The maximum atomic E-state index is 13.4. The minimum atomic E-state index is -0.663. The van der Waals surface area contributed by atoms with E-state index in [9.17, 15) is 4.39 Å². The Hall–Kier alpha value is -1.86. The second kappa shape index (κ2) is 6.28. The van der Waals surface area contributed by atoms with Gasteiger partial charge in [0.05, 0.1) is 10.0 Å². The lowest BCUT2D eigenvalue weighted by Crippen LogP contribution is -2.15. The van der Waals surface area contributed by atoms with Crippen molar-refractivity contribution in [1.82, 2.24) is 15.0 Å². The minimum Gasteiger partial charge on any atom is -0.357 e. The molecule has 6 nitrogen and oxygen atoms in total. The molecule has 112 valence electrons. The van der Waals surface area contributed by atoms with E-state index in [-0.39, 0.29) is 16.0 Å². The van der Waals surface area contributed by atoms with Crippen molar-refractivity contribution in [1.29, 1.82) is 0 Å². The Labute approximate surface area is 131 Å². The number of benzene rings is 1. The zero-order valence-electron chi connectivity index (χ0n) is 11.6. The van der Waals surface area contributed by atoms with Crippen LogP contribution in [-0.2, 0) is 0 Å². The molecule has 0 spiro atoms. The first-order valence-electron chi connectivity index (χ1n) is 5.93. The molecule has 0 saturated heterocycles. The quantitative estimate of drug-likeness (QED) is 0.839. The summed E-state index contributed by atoms with van der Waals surface area (Å²) in [6.45, 7) is 0. The van der Waals surface area contributed by atoms with Crippen molar-refractivity contribution in [3.05, 3.63) is 28.0 Å². The fraction of sp³-hybridized carbons (Fsp3) is 0.250. The molecule has 0 amide bonds. The molecule has 0 atom stereocenters. The first kappa shape index (κ1) is 15.5. The molecule has 9 heteroatoms. The summed E-state index contributed by atoms with van der Waals surface area (Å²) < 4.78 is 13.4. The lowest BCUT2D eigenvalue weighted by molar-refractivity contribution is 0.629. The summed E-state index contributed by atoms with van der Waals surface area (Å²) in [5.74, 6) is 0.493. The van der Waals surface area contributed by atoms with E-state index in [1.54, 1.807) is 11.9 Å². The van der Waals surface area contributed by atoms with Crippen molar-refractivity contribution in [3.63, 3.8) is 0 Å². The van der Waals surface area contributed by atoms with E-state index in [4.69, 9.17) is 23.2 Å². The Morgan fingerprint density at radius 3 is 2.14 bits per heavy atom. The first-order chi connectivity index (χ1) is 9.90. The summed E-state index contributed by atoms with van der Waals surface area (Å²) in [6.07, 6.45) is 0. The maximum Gasteiger partial charge on any atom is 0.233 e. The van der Waals surface area contributed by atoms with E-state index in [1.165, 1.54) is 12.1 Å². The summed E-state index contributed by atoms with van der Waals surface area (Å²) in [7, 11) is 5.32. The second-order valence-electron chi connectivity index (χ2n) is 4.31. The van der Waals surface area contributed by atoms with Gasteiger partial charge in [0.25, 0.3) is 0 Å². The lowest BCUT2D eigenvalue weighted by Gasteiger charge is -2.13. The number of hydrogen-bond donors (Lipinski definition) is 2. The number of rotatable bonds is 4. The van der Waals surface area contributed by atoms with Gasteiger partial charge in [-0.25, -0.2) is 4.39 Å². The lowest BCUT2D eigenvalue weighted by atomic mass is 10.3. The summed E-state index contributed by atoms with van der Waals surface area (Å²) in [5.41, 5.74) is 0.476. The Morgan fingerprint density at radius 1 is 1.05 bits per heavy atom. The smallest absolute Gasteiger partial charge is 0.233 e. The van der Waals surface area contributed by atoms with Crippen LogP contribution in [0.5, 0.6) is 0 Å². The molecule has 0 bridgehead atoms. The van der Waals surface area contributed by atoms with E-state index in [0.29, 0.717) is 17.6 Å². The average molecular weight is 331 g/mol. The van der Waals surface area contributed by atoms with Gasteiger partial charge in [-0.05, 0) is 12.1 Å². The van der Waals surface area contributed by atoms with Gasteiger partial charge in [0.2, 0.25) is 17.8 Å². The highest BCUT2D eigenvalue weighted by Crippen LogP contribution is 2.28. The van der Waals surface area contributed by atoms with Crippen molar-refractivity contribution < 1.29 is 4.39 Å². The topological polar surface area (TPSA) is 66.0 Å². The third-order valence-electron chi connectivity index (χ3n) is 2.49. The van der Waals surface area contributed by atoms with E-state index < -0.39 is 5.82 Å². The largest absolute Gasteiger partial charge is 0.357 e. The predicted octanol–water partition coefficient (Wildman–Crippen LogP) is 3.17. The number of hydrogen-bond acceptors (Lipinski definition) is 6. The van der Waals surface area contributed by atoms with Crippen LogP contribution < -0.4 is 15.5 Å². The van der Waals surface area contributed by atoms with Gasteiger partial charge in [-0.3, -0.25) is 0 Å². The van der Waals surface area contributed by atoms with Gasteiger partial charge >= 0.3 is 0 Å². The summed E-state index contributed by atoms with van der Waals surface area (Å²) in [6, 6.07) is 2.81. The highest BCUT2D eigenvalue weighted by atomic mass is 35.5. The monoisotopic (exact) mass is 330 g/mol. The van der Waals surface area contributed by atoms with Crippen LogP contribution >= 0.6 is 23.2 Å². The van der Waals surface area contributed by atoms with Crippen molar-refractivity contribution in [2.24, 2.45) is 0 Å². The molecular formula is C12H13Cl2FN6. The van der Waals surface area contributed by atoms with Crippen LogP contribution in [0.25, 0.3) is 0 Å². The summed E-state index contributed by atoms with van der Waals surface area (Å²) in [4.78, 5) is 14.3. The first-order valence-corrected chi connectivity index (χ1v) is 6.69. The van der Waals surface area contributed by atoms with Gasteiger partial charge in [0.1, 0.15) is 0 Å². The molecule has 1 aromatic carbocycles. The third kappa shape index (κ3) is 3.62. The van der Waals surface area contributed by atoms with Crippen molar-refractivity contribution in [3.8, 4) is 0 Å². The number of anilines is 4. The number of nitrogens with zero attached hydrogens (tertiary/aromatic N) is 4. The van der Waals surface area contributed by atoms with Crippen LogP contribution in [0.1, 0.15) is 0 Å². The number of aromatic nitrogens is 3. The van der Waals surface area contributed by atoms with E-state index in [1.807, 2.05) is 14.1 Å². The van der Waals surface area contributed by atoms with Crippen molar-refractivity contribution >= 4 is 46.7 Å². The molecule has 0 saturated carbocycles. The van der Waals surface area contributed by atoms with Crippen LogP contribution in [0.4, 0.5) is 27.9 Å². The second-order valence-corrected chi connectivity index (χ2v) is 5.12. The molecule has 1 heterocycles. The predicted molar refractivity (Wildman–Crippen MR) is 83.4 cm³/mol. The van der Waals surface area contributed by atoms with Crippen LogP contribution in [0.3, 0.4) is 0 Å². The molecular weight excluding hydrogens is 318 g/mol. The van der Waals surface area contributed by atoms with Crippen molar-refractivity contribution in [2.75, 3.05) is 36.7 Å². The zero-order valence-corrected chi connectivity index (χ0v) is 13.1. The molecule has 0 aliphatic heterocycles. The van der Waals surface area contributed by atoms with Gasteiger partial charge in [-0.2, -0.15) is 15.0 Å². The maximum absolute atomic E-state index is 13.4. The minimum absolute atomic E-state index is 0.0827. The zero-order chi connectivity index (χ0) is 15.6. The molecule has 2 N–H and O–H groups in total. The van der Waals surface area contributed by atoms with Crippen LogP contribution in [0.15, 0.2) is 12.1 Å². The molecule has 0 aliphatic carbocycles. The molecule has 0 fully saturated rings. The van der Waals surface area contributed by atoms with Gasteiger partial charge in [0, 0.05) is 26.8 Å². The highest BCUT2D eigenvalue weighted by molar-refractivity contribution is 6.35. The van der Waals surface area contributed by atoms with Gasteiger partial charge in [-0.1, -0.05) is 23.2 Å². The molecule has 21 heavy (non-hydrogen) atoms. The third-order valence-corrected chi connectivity index (χ3v) is 3.04. The molecule has 2 aromatic rings. The SMILES string of the molecule is CNc1nc(Nc2cc(Cl)c(F)c(Cl)c2)nc(N(C)C)n1.